The van der Waals surface area contributed by atoms with Gasteiger partial charge in [0.05, 0.1) is 32.4 Å². The van der Waals surface area contributed by atoms with Crippen LogP contribution in [0.5, 0.6) is 0 Å². The number of nitrogens with zero attached hydrogens (tertiary/aromatic N) is 1. The normalized spacial score (nSPS) is 15.4. The van der Waals surface area contributed by atoms with Crippen molar-refractivity contribution in [2.75, 3.05) is 26.4 Å². The second-order valence-corrected chi connectivity index (χ2v) is 7.40. The van der Waals surface area contributed by atoms with Crippen LogP contribution in [0.2, 0.25) is 0 Å². The topological polar surface area (TPSA) is 83.5 Å². The van der Waals surface area contributed by atoms with E-state index in [1.165, 1.54) is 6.08 Å². The van der Waals surface area contributed by atoms with Gasteiger partial charge in [0.25, 0.3) is 10.1 Å². The predicted molar refractivity (Wildman–Crippen MR) is 79.9 cm³/mol. The van der Waals surface area contributed by atoms with Crippen molar-refractivity contribution in [3.8, 4) is 0 Å². The molecule has 7 heteroatoms. The highest BCUT2D eigenvalue weighted by Gasteiger charge is 2.25. The maximum atomic E-state index is 11.2. The molecule has 0 bridgehead atoms. The van der Waals surface area contributed by atoms with Crippen LogP contribution in [0.25, 0.3) is 0 Å². The zero-order valence-electron chi connectivity index (χ0n) is 12.8. The Morgan fingerprint density at radius 2 is 1.90 bits per heavy atom. The molecular formula is C13H27N2O4S+. The molecule has 0 saturated carbocycles. The lowest BCUT2D eigenvalue weighted by Crippen LogP contribution is -2.50. The second kappa shape index (κ2) is 7.75. The van der Waals surface area contributed by atoms with Crippen LogP contribution in [0.1, 0.15) is 26.7 Å². The van der Waals surface area contributed by atoms with Gasteiger partial charge in [0.1, 0.15) is 0 Å². The fraction of sp³-hybridized carbons (Fsp3) is 0.769. The quantitative estimate of drug-likeness (QED) is 0.375. The molecular weight excluding hydrogens is 280 g/mol. The summed E-state index contributed by atoms with van der Waals surface area (Å²) in [7, 11) is 0.113. The van der Waals surface area contributed by atoms with E-state index < -0.39 is 10.1 Å². The van der Waals surface area contributed by atoms with Crippen molar-refractivity contribution in [2.45, 2.75) is 38.8 Å². The minimum atomic E-state index is -3.91. The van der Waals surface area contributed by atoms with E-state index in [-0.39, 0.29) is 23.7 Å². The van der Waals surface area contributed by atoms with E-state index in [0.29, 0.717) is 10.9 Å². The van der Waals surface area contributed by atoms with Crippen molar-refractivity contribution in [1.29, 1.82) is 0 Å². The monoisotopic (exact) mass is 307 g/mol. The highest BCUT2D eigenvalue weighted by Crippen LogP contribution is 2.13. The van der Waals surface area contributed by atoms with Crippen LogP contribution < -0.4 is 5.32 Å². The van der Waals surface area contributed by atoms with Gasteiger partial charge in [0, 0.05) is 18.9 Å². The van der Waals surface area contributed by atoms with Gasteiger partial charge in [0.15, 0.2) is 0 Å². The molecule has 0 aromatic carbocycles. The molecule has 1 amide bonds. The van der Waals surface area contributed by atoms with Crippen molar-refractivity contribution in [3.05, 3.63) is 12.7 Å². The van der Waals surface area contributed by atoms with Crippen LogP contribution in [-0.2, 0) is 14.9 Å². The van der Waals surface area contributed by atoms with Gasteiger partial charge in [-0.3, -0.25) is 9.35 Å². The summed E-state index contributed by atoms with van der Waals surface area (Å²) in [6.07, 6.45) is 2.42. The lowest BCUT2D eigenvalue weighted by atomic mass is 10.1. The number of amides is 1. The van der Waals surface area contributed by atoms with Crippen LogP contribution in [-0.4, -0.2) is 61.8 Å². The molecule has 0 fully saturated rings. The molecule has 0 aromatic rings. The zero-order chi connectivity index (χ0) is 16.0. The minimum absolute atomic E-state index is 0.0340. The molecule has 6 nitrogen and oxygen atoms in total. The van der Waals surface area contributed by atoms with Crippen LogP contribution in [0.3, 0.4) is 0 Å². The maximum absolute atomic E-state index is 11.2. The summed E-state index contributed by atoms with van der Waals surface area (Å²) in [6, 6.07) is 0.130. The van der Waals surface area contributed by atoms with E-state index in [1.807, 2.05) is 27.9 Å². The van der Waals surface area contributed by atoms with Gasteiger partial charge >= 0.3 is 0 Å². The van der Waals surface area contributed by atoms with Gasteiger partial charge in [-0.1, -0.05) is 6.58 Å². The Morgan fingerprint density at radius 3 is 2.35 bits per heavy atom. The first-order valence-corrected chi connectivity index (χ1v) is 8.29. The molecule has 0 aliphatic rings. The van der Waals surface area contributed by atoms with Crippen molar-refractivity contribution >= 4 is 16.0 Å². The van der Waals surface area contributed by atoms with Gasteiger partial charge < -0.3 is 9.80 Å². The Hall–Kier alpha value is -0.920. The van der Waals surface area contributed by atoms with E-state index in [1.54, 1.807) is 0 Å². The average Bonchev–Trinajstić information content (AvgIpc) is 2.32. The molecule has 0 aliphatic carbocycles. The van der Waals surface area contributed by atoms with E-state index in [4.69, 9.17) is 4.55 Å². The molecule has 0 radical (unpaired) electrons. The lowest BCUT2D eigenvalue weighted by molar-refractivity contribution is -0.913. The smallest absolute Gasteiger partial charge is 0.265 e. The summed E-state index contributed by atoms with van der Waals surface area (Å²) in [4.78, 5) is 11.2. The fourth-order valence-electron chi connectivity index (χ4n) is 1.79. The van der Waals surface area contributed by atoms with Crippen molar-refractivity contribution in [2.24, 2.45) is 0 Å². The van der Waals surface area contributed by atoms with E-state index >= 15 is 0 Å². The van der Waals surface area contributed by atoms with Crippen molar-refractivity contribution in [3.63, 3.8) is 0 Å². The first-order valence-electron chi connectivity index (χ1n) is 6.68. The molecule has 0 rings (SSSR count). The molecule has 0 saturated heterocycles. The highest BCUT2D eigenvalue weighted by molar-refractivity contribution is 7.85. The molecule has 2 atom stereocenters. The minimum Gasteiger partial charge on any atom is -0.350 e. The average molecular weight is 307 g/mol. The number of carbonyl (C=O) groups excluding carboxylic acids is 1. The van der Waals surface area contributed by atoms with Gasteiger partial charge in [-0.25, -0.2) is 0 Å². The number of hydrogen-bond donors (Lipinski definition) is 2. The van der Waals surface area contributed by atoms with Crippen LogP contribution in [0.4, 0.5) is 0 Å². The summed E-state index contributed by atoms with van der Waals surface area (Å²) < 4.78 is 31.0. The van der Waals surface area contributed by atoms with Gasteiger partial charge in [-0.05, 0) is 19.9 Å². The molecule has 0 spiro atoms. The summed E-state index contributed by atoms with van der Waals surface area (Å²) in [5.41, 5.74) is 0. The molecule has 0 heterocycles. The van der Waals surface area contributed by atoms with E-state index in [2.05, 4.69) is 11.9 Å². The summed E-state index contributed by atoms with van der Waals surface area (Å²) in [5.74, 6) is -0.416. The zero-order valence-corrected chi connectivity index (χ0v) is 13.6. The van der Waals surface area contributed by atoms with Gasteiger partial charge in [-0.2, -0.15) is 8.42 Å². The number of carbonyl (C=O) groups is 1. The molecule has 0 aromatic heterocycles. The van der Waals surface area contributed by atoms with Crippen molar-refractivity contribution in [1.82, 2.24) is 5.32 Å². The molecule has 2 unspecified atom stereocenters. The van der Waals surface area contributed by atoms with Crippen molar-refractivity contribution < 1.29 is 22.2 Å². The first-order chi connectivity index (χ1) is 8.98. The molecule has 2 N–H and O–H groups in total. The number of hydrogen-bond acceptors (Lipinski definition) is 3. The molecule has 118 valence electrons. The maximum Gasteiger partial charge on any atom is 0.265 e. The third-order valence-electron chi connectivity index (χ3n) is 3.70. The van der Waals surface area contributed by atoms with E-state index in [0.717, 1.165) is 13.0 Å². The Bertz CT molecular complexity index is 432. The fourth-order valence-corrected chi connectivity index (χ4v) is 2.43. The third-order valence-corrected chi connectivity index (χ3v) is 4.45. The standard InChI is InChI=1S/C13H26N2O4S/c1-6-13(16)14-11(2)7-9-15(4,5)12(3)8-10-20(17,18)19/h6,11-12H,1,7-10H2,2-5H3,(H-,14,16,17,18,19)/p+1. The Balaban J connectivity index is 4.29. The molecule has 20 heavy (non-hydrogen) atoms. The van der Waals surface area contributed by atoms with Crippen LogP contribution in [0.15, 0.2) is 12.7 Å². The summed E-state index contributed by atoms with van der Waals surface area (Å²) in [5, 5.41) is 2.79. The molecule has 0 aliphatic heterocycles. The highest BCUT2D eigenvalue weighted by atomic mass is 32.2. The lowest BCUT2D eigenvalue weighted by Gasteiger charge is -2.37. The Labute approximate surface area is 122 Å². The first kappa shape index (κ1) is 19.1. The van der Waals surface area contributed by atoms with Crippen LogP contribution >= 0.6 is 0 Å². The summed E-state index contributed by atoms with van der Waals surface area (Å²) >= 11 is 0. The Kier molecular flexibility index (Phi) is 7.40. The van der Waals surface area contributed by atoms with Gasteiger partial charge in [-0.15, -0.1) is 0 Å². The van der Waals surface area contributed by atoms with E-state index in [9.17, 15) is 13.2 Å². The SMILES string of the molecule is C=CC(=O)NC(C)CC[N+](C)(C)C(C)CCS(=O)(=O)O. The second-order valence-electron chi connectivity index (χ2n) is 5.83. The largest absolute Gasteiger partial charge is 0.350 e. The number of rotatable bonds is 9. The number of quaternary nitrogens is 1. The number of nitrogens with one attached hydrogen (secondary N) is 1. The van der Waals surface area contributed by atoms with Gasteiger partial charge in [0.2, 0.25) is 5.91 Å². The van der Waals surface area contributed by atoms with Crippen LogP contribution in [0, 0.1) is 0 Å². The summed E-state index contributed by atoms with van der Waals surface area (Å²) in [6.45, 7) is 8.08. The predicted octanol–water partition coefficient (Wildman–Crippen LogP) is 0.810. The third kappa shape index (κ3) is 8.29. The Morgan fingerprint density at radius 1 is 1.35 bits per heavy atom.